The molecule has 0 aliphatic carbocycles. The van der Waals surface area contributed by atoms with E-state index in [2.05, 4.69) is 15.4 Å². The Morgan fingerprint density at radius 2 is 1.13 bits per heavy atom. The largest absolute Gasteiger partial charge is 0.332 e. The molecular formula is C19H17ClN4O4S3. The quantitative estimate of drug-likeness (QED) is 0.383. The van der Waals surface area contributed by atoms with Gasteiger partial charge in [0.2, 0.25) is 10.0 Å². The van der Waals surface area contributed by atoms with E-state index in [-0.39, 0.29) is 14.9 Å². The van der Waals surface area contributed by atoms with Gasteiger partial charge in [0.05, 0.1) is 9.79 Å². The summed E-state index contributed by atoms with van der Waals surface area (Å²) in [7, 11) is -7.54. The summed E-state index contributed by atoms with van der Waals surface area (Å²) >= 11 is 11.0. The lowest BCUT2D eigenvalue weighted by molar-refractivity contribution is 0.597. The van der Waals surface area contributed by atoms with Crippen molar-refractivity contribution in [3.63, 3.8) is 0 Å². The second-order valence-electron chi connectivity index (χ2n) is 6.29. The van der Waals surface area contributed by atoms with Gasteiger partial charge < -0.3 is 10.6 Å². The third kappa shape index (κ3) is 6.39. The molecule has 162 valence electrons. The minimum atomic E-state index is -3.77. The molecule has 3 rings (SSSR count). The van der Waals surface area contributed by atoms with Crippen LogP contribution in [0.1, 0.15) is 0 Å². The second-order valence-corrected chi connectivity index (χ2v) is 10.4. The average molecular weight is 497 g/mol. The first-order valence-electron chi connectivity index (χ1n) is 8.62. The highest BCUT2D eigenvalue weighted by Gasteiger charge is 2.14. The molecular weight excluding hydrogens is 480 g/mol. The van der Waals surface area contributed by atoms with Gasteiger partial charge in [-0.2, -0.15) is 0 Å². The summed E-state index contributed by atoms with van der Waals surface area (Å²) in [6, 6.07) is 18.0. The van der Waals surface area contributed by atoms with Crippen molar-refractivity contribution in [1.82, 2.24) is 0 Å². The Balaban J connectivity index is 1.63. The molecule has 0 saturated carbocycles. The normalized spacial score (nSPS) is 11.5. The Kier molecular flexibility index (Phi) is 6.82. The molecule has 0 fully saturated rings. The van der Waals surface area contributed by atoms with Crippen LogP contribution in [-0.2, 0) is 20.0 Å². The van der Waals surface area contributed by atoms with Gasteiger partial charge in [-0.05, 0) is 85.0 Å². The standard InChI is InChI=1S/C19H17ClN4O4S3/c20-13-1-3-16(4-2-13)24-31(27,28)18-11-7-15(8-12-18)23-19(29)22-14-5-9-17(10-6-14)30(21,25)26/h1-12,24H,(H2,21,25,26)(H2,22,23,29). The second kappa shape index (κ2) is 9.20. The number of halogens is 1. The van der Waals surface area contributed by atoms with Gasteiger partial charge in [-0.3, -0.25) is 4.72 Å². The number of benzene rings is 3. The summed E-state index contributed by atoms with van der Waals surface area (Å²) < 4.78 is 50.1. The molecule has 5 N–H and O–H groups in total. The van der Waals surface area contributed by atoms with E-state index in [0.29, 0.717) is 22.1 Å². The molecule has 0 aliphatic rings. The maximum atomic E-state index is 12.5. The predicted molar refractivity (Wildman–Crippen MR) is 126 cm³/mol. The van der Waals surface area contributed by atoms with Gasteiger partial charge >= 0.3 is 0 Å². The lowest BCUT2D eigenvalue weighted by Crippen LogP contribution is -2.19. The molecule has 0 aromatic heterocycles. The number of thiocarbonyl (C=S) groups is 1. The predicted octanol–water partition coefficient (Wildman–Crippen LogP) is 3.60. The van der Waals surface area contributed by atoms with Crippen LogP contribution in [0.3, 0.4) is 0 Å². The van der Waals surface area contributed by atoms with Crippen LogP contribution in [0.25, 0.3) is 0 Å². The van der Waals surface area contributed by atoms with Crippen molar-refractivity contribution in [2.75, 3.05) is 15.4 Å². The minimum absolute atomic E-state index is 0.0130. The number of hydrogen-bond acceptors (Lipinski definition) is 5. The maximum absolute atomic E-state index is 12.5. The van der Waals surface area contributed by atoms with Crippen LogP contribution >= 0.6 is 23.8 Å². The van der Waals surface area contributed by atoms with Gasteiger partial charge in [-0.1, -0.05) is 11.6 Å². The summed E-state index contributed by atoms with van der Waals surface area (Å²) in [5.41, 5.74) is 1.51. The highest BCUT2D eigenvalue weighted by Crippen LogP contribution is 2.20. The van der Waals surface area contributed by atoms with E-state index in [4.69, 9.17) is 29.0 Å². The van der Waals surface area contributed by atoms with Gasteiger partial charge in [0, 0.05) is 22.1 Å². The Hall–Kier alpha value is -2.70. The topological polar surface area (TPSA) is 130 Å². The van der Waals surface area contributed by atoms with E-state index in [1.54, 1.807) is 36.4 Å². The molecule has 31 heavy (non-hydrogen) atoms. The van der Waals surface area contributed by atoms with Gasteiger partial charge in [-0.25, -0.2) is 22.0 Å². The number of nitrogens with one attached hydrogen (secondary N) is 3. The number of nitrogens with two attached hydrogens (primary N) is 1. The highest BCUT2D eigenvalue weighted by atomic mass is 35.5. The molecule has 0 heterocycles. The first-order chi connectivity index (χ1) is 14.5. The zero-order chi connectivity index (χ0) is 22.6. The Morgan fingerprint density at radius 3 is 1.58 bits per heavy atom. The summed E-state index contributed by atoms with van der Waals surface area (Å²) in [6.07, 6.45) is 0. The van der Waals surface area contributed by atoms with Crippen molar-refractivity contribution < 1.29 is 16.8 Å². The van der Waals surface area contributed by atoms with E-state index in [9.17, 15) is 16.8 Å². The third-order valence-electron chi connectivity index (χ3n) is 3.96. The fourth-order valence-electron chi connectivity index (χ4n) is 2.47. The Labute approximate surface area is 190 Å². The van der Waals surface area contributed by atoms with E-state index in [1.165, 1.54) is 36.4 Å². The van der Waals surface area contributed by atoms with Gasteiger partial charge in [0.1, 0.15) is 0 Å². The number of sulfonamides is 2. The molecule has 0 unspecified atom stereocenters. The molecule has 3 aromatic carbocycles. The summed E-state index contributed by atoms with van der Waals surface area (Å²) in [5.74, 6) is 0. The van der Waals surface area contributed by atoms with Crippen molar-refractivity contribution in [2.45, 2.75) is 9.79 Å². The molecule has 0 spiro atoms. The number of primary sulfonamides is 1. The molecule has 0 atom stereocenters. The Morgan fingerprint density at radius 1 is 0.710 bits per heavy atom. The first-order valence-corrected chi connectivity index (χ1v) is 12.4. The van der Waals surface area contributed by atoms with E-state index in [0.717, 1.165) is 0 Å². The summed E-state index contributed by atoms with van der Waals surface area (Å²) in [6.45, 7) is 0. The highest BCUT2D eigenvalue weighted by molar-refractivity contribution is 7.92. The molecule has 0 saturated heterocycles. The van der Waals surface area contributed by atoms with Gasteiger partial charge in [-0.15, -0.1) is 0 Å². The molecule has 0 aliphatic heterocycles. The van der Waals surface area contributed by atoms with Crippen LogP contribution in [0, 0.1) is 0 Å². The molecule has 8 nitrogen and oxygen atoms in total. The number of rotatable bonds is 6. The zero-order valence-electron chi connectivity index (χ0n) is 15.7. The molecule has 12 heteroatoms. The van der Waals surface area contributed by atoms with Crippen molar-refractivity contribution in [2.24, 2.45) is 5.14 Å². The fourth-order valence-corrected chi connectivity index (χ4v) is 4.41. The lowest BCUT2D eigenvalue weighted by atomic mass is 10.3. The molecule has 0 radical (unpaired) electrons. The van der Waals surface area contributed by atoms with Gasteiger partial charge in [0.25, 0.3) is 10.0 Å². The van der Waals surface area contributed by atoms with Crippen molar-refractivity contribution in [1.29, 1.82) is 0 Å². The van der Waals surface area contributed by atoms with Crippen LogP contribution in [-0.4, -0.2) is 21.9 Å². The fraction of sp³-hybridized carbons (Fsp3) is 0. The number of hydrogen-bond donors (Lipinski definition) is 4. The smallest absolute Gasteiger partial charge is 0.261 e. The van der Waals surface area contributed by atoms with Crippen molar-refractivity contribution in [3.8, 4) is 0 Å². The van der Waals surface area contributed by atoms with Crippen molar-refractivity contribution >= 4 is 66.0 Å². The van der Waals surface area contributed by atoms with E-state index in [1.807, 2.05) is 0 Å². The van der Waals surface area contributed by atoms with E-state index >= 15 is 0 Å². The minimum Gasteiger partial charge on any atom is -0.332 e. The van der Waals surface area contributed by atoms with Crippen LogP contribution in [0.15, 0.2) is 82.6 Å². The summed E-state index contributed by atoms with van der Waals surface area (Å²) in [4.78, 5) is 0.0615. The maximum Gasteiger partial charge on any atom is 0.261 e. The molecule has 0 bridgehead atoms. The number of anilines is 3. The SMILES string of the molecule is NS(=O)(=O)c1ccc(NC(=S)Nc2ccc(S(=O)(=O)Nc3ccc(Cl)cc3)cc2)cc1. The summed E-state index contributed by atoms with van der Waals surface area (Å²) in [5, 5.41) is 11.6. The molecule has 0 amide bonds. The monoisotopic (exact) mass is 496 g/mol. The third-order valence-corrected chi connectivity index (χ3v) is 6.74. The molecule has 3 aromatic rings. The van der Waals surface area contributed by atoms with Gasteiger partial charge in [0.15, 0.2) is 5.11 Å². The van der Waals surface area contributed by atoms with E-state index < -0.39 is 20.0 Å². The van der Waals surface area contributed by atoms with Crippen LogP contribution in [0.5, 0.6) is 0 Å². The van der Waals surface area contributed by atoms with Crippen molar-refractivity contribution in [3.05, 3.63) is 77.8 Å². The van der Waals surface area contributed by atoms with Crippen LogP contribution in [0.2, 0.25) is 5.02 Å². The average Bonchev–Trinajstić information content (AvgIpc) is 2.70. The Bertz CT molecular complexity index is 1290. The lowest BCUT2D eigenvalue weighted by Gasteiger charge is -2.12. The first kappa shape index (κ1) is 23.0. The zero-order valence-corrected chi connectivity index (χ0v) is 18.9. The van der Waals surface area contributed by atoms with Crippen LogP contribution in [0.4, 0.5) is 17.1 Å². The van der Waals surface area contributed by atoms with Crippen LogP contribution < -0.4 is 20.5 Å².